The Morgan fingerprint density at radius 2 is 1.07 bits per heavy atom. The molecule has 0 atom stereocenters. The molecular formula is C26H28B3ClO13. The van der Waals surface area contributed by atoms with Crippen LogP contribution in [-0.4, -0.2) is 97.9 Å². The first-order valence-corrected chi connectivity index (χ1v) is 12.7. The van der Waals surface area contributed by atoms with Gasteiger partial charge in [0.25, 0.3) is 5.24 Å². The molecular weight excluding hydrogens is 588 g/mol. The summed E-state index contributed by atoms with van der Waals surface area (Å²) in [6.07, 6.45) is 0.628. The van der Waals surface area contributed by atoms with E-state index in [4.69, 9.17) is 56.7 Å². The number of carbonyl (C=O) groups is 4. The number of rotatable bonds is 12. The Kier molecular flexibility index (Phi) is 16.7. The summed E-state index contributed by atoms with van der Waals surface area (Å²) in [7, 11) is -4.79. The summed E-state index contributed by atoms with van der Waals surface area (Å²) in [5, 5.41) is 69.1. The zero-order valence-electron chi connectivity index (χ0n) is 22.5. The molecule has 0 aliphatic rings. The van der Waals surface area contributed by atoms with E-state index in [0.717, 1.165) is 0 Å². The smallest absolute Gasteiger partial charge is 0.480 e. The van der Waals surface area contributed by atoms with E-state index in [0.29, 0.717) is 12.0 Å². The van der Waals surface area contributed by atoms with E-state index >= 15 is 0 Å². The summed E-state index contributed by atoms with van der Waals surface area (Å²) in [4.78, 5) is 43.0. The molecule has 0 aromatic heterocycles. The summed E-state index contributed by atoms with van der Waals surface area (Å²) < 4.78 is 4.81. The minimum Gasteiger partial charge on any atom is -0.480 e. The highest BCUT2D eigenvalue weighted by Gasteiger charge is 2.14. The fourth-order valence-corrected chi connectivity index (χ4v) is 3.28. The van der Waals surface area contributed by atoms with E-state index in [1.54, 1.807) is 12.1 Å². The third kappa shape index (κ3) is 14.7. The van der Waals surface area contributed by atoms with E-state index in [-0.39, 0.29) is 52.9 Å². The lowest BCUT2D eigenvalue weighted by Crippen LogP contribution is -2.30. The van der Waals surface area contributed by atoms with Crippen molar-refractivity contribution < 1.29 is 64.3 Å². The van der Waals surface area contributed by atoms with Crippen molar-refractivity contribution in [1.82, 2.24) is 0 Å². The van der Waals surface area contributed by atoms with Gasteiger partial charge in [-0.1, -0.05) is 60.7 Å². The van der Waals surface area contributed by atoms with Gasteiger partial charge in [-0.15, -0.1) is 0 Å². The number of benzene rings is 3. The molecule has 13 nitrogen and oxygen atoms in total. The van der Waals surface area contributed by atoms with Crippen LogP contribution >= 0.6 is 11.6 Å². The number of hydrogen-bond acceptors (Lipinski definition) is 11. The Hall–Kier alpha value is -3.86. The van der Waals surface area contributed by atoms with Gasteiger partial charge in [0.15, 0.2) is 5.78 Å². The van der Waals surface area contributed by atoms with E-state index in [2.05, 4.69) is 0 Å². The van der Waals surface area contributed by atoms with Gasteiger partial charge in [-0.3, -0.25) is 9.59 Å². The highest BCUT2D eigenvalue weighted by Crippen LogP contribution is 2.05. The van der Waals surface area contributed by atoms with Gasteiger partial charge in [0, 0.05) is 24.2 Å². The van der Waals surface area contributed by atoms with Crippen LogP contribution in [0.25, 0.3) is 0 Å². The van der Waals surface area contributed by atoms with Gasteiger partial charge in [0.05, 0.1) is 5.56 Å². The third-order valence-electron chi connectivity index (χ3n) is 5.27. The topological polar surface area (TPSA) is 239 Å². The summed E-state index contributed by atoms with van der Waals surface area (Å²) in [5.74, 6) is -2.28. The van der Waals surface area contributed by atoms with Crippen LogP contribution in [0.5, 0.6) is 0 Å². The maximum Gasteiger partial charge on any atom is 0.488 e. The second-order valence-corrected chi connectivity index (χ2v) is 8.89. The van der Waals surface area contributed by atoms with Crippen molar-refractivity contribution in [2.75, 3.05) is 13.2 Å². The number of carbonyl (C=O) groups excluding carboxylic acids is 2. The molecule has 0 aliphatic heterocycles. The van der Waals surface area contributed by atoms with E-state index < -0.39 is 38.5 Å². The van der Waals surface area contributed by atoms with Gasteiger partial charge in [-0.05, 0) is 46.5 Å². The van der Waals surface area contributed by atoms with Crippen LogP contribution in [0, 0.1) is 0 Å². The number of carboxylic acid groups (broad SMARTS) is 2. The van der Waals surface area contributed by atoms with E-state index in [1.807, 2.05) is 0 Å². The number of halogens is 1. The van der Waals surface area contributed by atoms with Crippen LogP contribution in [-0.2, 0) is 9.53 Å². The normalized spacial score (nSPS) is 9.84. The first kappa shape index (κ1) is 37.2. The van der Waals surface area contributed by atoms with Crippen LogP contribution in [0.1, 0.15) is 43.9 Å². The lowest BCUT2D eigenvalue weighted by atomic mass is 9.79. The van der Waals surface area contributed by atoms with Gasteiger partial charge in [-0.2, -0.15) is 0 Å². The van der Waals surface area contributed by atoms with Crippen molar-refractivity contribution >= 4 is 72.3 Å². The Morgan fingerprint density at radius 3 is 1.49 bits per heavy atom. The molecule has 0 aliphatic carbocycles. The first-order valence-electron chi connectivity index (χ1n) is 12.4. The molecule has 0 radical (unpaired) electrons. The minimum atomic E-state index is -1.62. The number of aromatic carboxylic acids is 1. The van der Waals surface area contributed by atoms with Gasteiger partial charge in [-0.25, -0.2) is 9.59 Å². The molecule has 0 heterocycles. The molecule has 0 amide bonds. The number of hydrogen-bond donors (Lipinski definition) is 8. The van der Waals surface area contributed by atoms with Crippen molar-refractivity contribution in [2.45, 2.75) is 12.8 Å². The van der Waals surface area contributed by atoms with Crippen molar-refractivity contribution in [3.05, 3.63) is 89.5 Å². The number of ether oxygens (including phenoxy) is 1. The molecule has 3 aromatic carbocycles. The minimum absolute atomic E-state index is 0.0422. The monoisotopic (exact) mass is 616 g/mol. The van der Waals surface area contributed by atoms with Crippen LogP contribution in [0.4, 0.5) is 0 Å². The molecule has 226 valence electrons. The van der Waals surface area contributed by atoms with Crippen molar-refractivity contribution in [3.63, 3.8) is 0 Å². The predicted octanol–water partition coefficient (Wildman–Crippen LogP) is -1.76. The molecule has 0 spiro atoms. The molecule has 43 heavy (non-hydrogen) atoms. The summed E-state index contributed by atoms with van der Waals surface area (Å²) in [6.45, 7) is -0.180. The van der Waals surface area contributed by atoms with Crippen LogP contribution in [0.15, 0.2) is 72.8 Å². The summed E-state index contributed by atoms with van der Waals surface area (Å²) >= 11 is 5.18. The molecule has 0 bridgehead atoms. The van der Waals surface area contributed by atoms with Crippen LogP contribution < -0.4 is 16.4 Å². The maximum atomic E-state index is 11.8. The Morgan fingerprint density at radius 1 is 0.651 bits per heavy atom. The quantitative estimate of drug-likeness (QED) is 0.0488. The lowest BCUT2D eigenvalue weighted by Gasteiger charge is -2.04. The summed E-state index contributed by atoms with van der Waals surface area (Å²) in [5.41, 5.74) is 1.37. The zero-order valence-corrected chi connectivity index (χ0v) is 23.2. The number of aliphatic carboxylic acids is 1. The highest BCUT2D eigenvalue weighted by atomic mass is 35.5. The Bertz CT molecular complexity index is 1310. The lowest BCUT2D eigenvalue weighted by molar-refractivity contribution is -0.142. The predicted molar refractivity (Wildman–Crippen MR) is 158 cm³/mol. The third-order valence-corrected chi connectivity index (χ3v) is 5.49. The van der Waals surface area contributed by atoms with Crippen LogP contribution in [0.2, 0.25) is 0 Å². The number of Topliss-reactive ketones (excluding diaryl/α,β-unsaturated/α-hetero) is 1. The van der Waals surface area contributed by atoms with Gasteiger partial charge >= 0.3 is 33.3 Å². The molecule has 17 heteroatoms. The van der Waals surface area contributed by atoms with Gasteiger partial charge < -0.3 is 45.1 Å². The van der Waals surface area contributed by atoms with Crippen molar-refractivity contribution in [2.24, 2.45) is 0 Å². The van der Waals surface area contributed by atoms with E-state index in [1.165, 1.54) is 60.7 Å². The molecule has 3 aromatic rings. The molecule has 8 N–H and O–H groups in total. The highest BCUT2D eigenvalue weighted by molar-refractivity contribution is 6.68. The molecule has 0 saturated carbocycles. The van der Waals surface area contributed by atoms with Crippen LogP contribution in [0.3, 0.4) is 0 Å². The van der Waals surface area contributed by atoms with Gasteiger partial charge in [0.2, 0.25) is 0 Å². The molecule has 0 fully saturated rings. The summed E-state index contributed by atoms with van der Waals surface area (Å²) in [6, 6.07) is 17.5. The second-order valence-electron chi connectivity index (χ2n) is 8.55. The zero-order chi connectivity index (χ0) is 32.5. The molecule has 0 unspecified atom stereocenters. The standard InChI is InChI=1S/C12H15BO6.C7H6BClO3.C7H7BO4/c14-11(5-2-6-19-8-12(15)16)9-3-1-4-10(7-9)13(17)18;2*9-7(10)5-2-1-3-6(4-5)8(11)12/h1,3-4,7,17-18H,2,5-6,8H2,(H,15,16);1-4,11-12H;1-4,11-12H,(H,9,10). The maximum absolute atomic E-state index is 11.8. The average molecular weight is 616 g/mol. The second kappa shape index (κ2) is 19.4. The van der Waals surface area contributed by atoms with E-state index in [9.17, 15) is 19.2 Å². The van der Waals surface area contributed by atoms with Crippen molar-refractivity contribution in [1.29, 1.82) is 0 Å². The Balaban J connectivity index is 0.000000337. The molecule has 3 rings (SSSR count). The average Bonchev–Trinajstić information content (AvgIpc) is 2.97. The number of ketones is 1. The largest absolute Gasteiger partial charge is 0.488 e. The SMILES string of the molecule is O=C(Cl)c1cccc(B(O)O)c1.O=C(O)COCCCC(=O)c1cccc(B(O)O)c1.O=C(O)c1cccc(B(O)O)c1. The number of carboxylic acids is 2. The molecule has 0 saturated heterocycles. The fourth-order valence-electron chi connectivity index (χ4n) is 3.17. The Labute approximate surface area is 252 Å². The first-order chi connectivity index (χ1) is 20.2. The fraction of sp³-hybridized carbons (Fsp3) is 0.154. The van der Waals surface area contributed by atoms with Crippen molar-refractivity contribution in [3.8, 4) is 0 Å². The van der Waals surface area contributed by atoms with Gasteiger partial charge in [0.1, 0.15) is 6.61 Å².